The van der Waals surface area contributed by atoms with E-state index in [1.165, 1.54) is 14.2 Å². The van der Waals surface area contributed by atoms with Crippen LogP contribution in [0.4, 0.5) is 0 Å². The molecule has 0 aromatic heterocycles. The highest BCUT2D eigenvalue weighted by Crippen LogP contribution is 2.33. The maximum absolute atomic E-state index is 12.2. The number of carbonyl (C=O) groups excluding carboxylic acids is 1. The molecule has 0 aliphatic heterocycles. The minimum atomic E-state index is -3.57. The molecule has 0 unspecified atom stereocenters. The summed E-state index contributed by atoms with van der Waals surface area (Å²) in [6.07, 6.45) is 4.28. The molecule has 0 aromatic carbocycles. The van der Waals surface area contributed by atoms with Crippen molar-refractivity contribution in [3.05, 3.63) is 0 Å². The molecule has 21 heavy (non-hydrogen) atoms. The molecule has 0 bridgehead atoms. The zero-order chi connectivity index (χ0) is 16.1. The van der Waals surface area contributed by atoms with Crippen molar-refractivity contribution in [3.8, 4) is 0 Å². The number of hydrogen-bond donors (Lipinski definition) is 1. The maximum atomic E-state index is 12.2. The third kappa shape index (κ3) is 4.91. The lowest BCUT2D eigenvalue weighted by Gasteiger charge is -2.36. The average molecular weight is 321 g/mol. The van der Waals surface area contributed by atoms with E-state index < -0.39 is 16.2 Å². The first-order valence-electron chi connectivity index (χ1n) is 7.19. The van der Waals surface area contributed by atoms with Gasteiger partial charge in [0.15, 0.2) is 0 Å². The van der Waals surface area contributed by atoms with Gasteiger partial charge in [-0.05, 0) is 26.9 Å². The summed E-state index contributed by atoms with van der Waals surface area (Å²) in [5, 5.41) is 0. The van der Waals surface area contributed by atoms with Crippen LogP contribution in [0, 0.1) is 0 Å². The number of carbonyl (C=O) groups is 1. The van der Waals surface area contributed by atoms with E-state index in [1.807, 2.05) is 14.1 Å². The molecule has 0 atom stereocenters. The zero-order valence-corrected chi connectivity index (χ0v) is 14.2. The Morgan fingerprint density at radius 1 is 1.24 bits per heavy atom. The highest BCUT2D eigenvalue weighted by atomic mass is 32.2. The van der Waals surface area contributed by atoms with Gasteiger partial charge in [-0.2, -0.15) is 12.7 Å². The summed E-state index contributed by atoms with van der Waals surface area (Å²) >= 11 is 0. The summed E-state index contributed by atoms with van der Waals surface area (Å²) in [5.41, 5.74) is -0.101. The number of ether oxygens (including phenoxy) is 1. The molecule has 0 spiro atoms. The Morgan fingerprint density at radius 3 is 2.29 bits per heavy atom. The van der Waals surface area contributed by atoms with Gasteiger partial charge < -0.3 is 9.64 Å². The number of nitrogens with one attached hydrogen (secondary N) is 1. The van der Waals surface area contributed by atoms with Crippen LogP contribution >= 0.6 is 0 Å². The number of rotatable bonds is 8. The Bertz CT molecular complexity index is 444. The summed E-state index contributed by atoms with van der Waals surface area (Å²) in [6.45, 7) is 0.502. The van der Waals surface area contributed by atoms with Crippen LogP contribution in [0.3, 0.4) is 0 Å². The molecule has 1 aliphatic carbocycles. The van der Waals surface area contributed by atoms with Gasteiger partial charge in [0.05, 0.1) is 13.5 Å². The van der Waals surface area contributed by atoms with Crippen LogP contribution in [0.5, 0.6) is 0 Å². The van der Waals surface area contributed by atoms with E-state index >= 15 is 0 Å². The molecule has 0 heterocycles. The summed E-state index contributed by atoms with van der Waals surface area (Å²) in [5.74, 6) is -0.419. The van der Waals surface area contributed by atoms with E-state index in [0.29, 0.717) is 6.54 Å². The summed E-state index contributed by atoms with van der Waals surface area (Å²) < 4.78 is 32.7. The first kappa shape index (κ1) is 18.3. The highest BCUT2D eigenvalue weighted by molar-refractivity contribution is 7.87. The lowest BCUT2D eigenvalue weighted by atomic mass is 9.97. The molecule has 8 heteroatoms. The van der Waals surface area contributed by atoms with Gasteiger partial charge in [0.2, 0.25) is 0 Å². The van der Waals surface area contributed by atoms with Crippen LogP contribution in [0.2, 0.25) is 0 Å². The predicted octanol–water partition coefficient (Wildman–Crippen LogP) is 0.190. The van der Waals surface area contributed by atoms with Crippen LogP contribution in [-0.2, 0) is 19.7 Å². The molecule has 0 amide bonds. The number of esters is 1. The van der Waals surface area contributed by atoms with Crippen LogP contribution in [0.15, 0.2) is 0 Å². The van der Waals surface area contributed by atoms with Gasteiger partial charge in [-0.1, -0.05) is 12.8 Å². The summed E-state index contributed by atoms with van der Waals surface area (Å²) in [7, 11) is 3.15. The summed E-state index contributed by atoms with van der Waals surface area (Å²) in [6, 6.07) is 0. The number of hydrogen-bond acceptors (Lipinski definition) is 5. The third-order valence-corrected chi connectivity index (χ3v) is 5.85. The highest BCUT2D eigenvalue weighted by Gasteiger charge is 2.37. The molecule has 0 saturated heterocycles. The van der Waals surface area contributed by atoms with E-state index in [4.69, 9.17) is 0 Å². The molecule has 1 saturated carbocycles. The van der Waals surface area contributed by atoms with Crippen LogP contribution < -0.4 is 4.72 Å². The van der Waals surface area contributed by atoms with Crippen molar-refractivity contribution in [1.82, 2.24) is 13.9 Å². The summed E-state index contributed by atoms with van der Waals surface area (Å²) in [4.78, 5) is 13.2. The Labute approximate surface area is 127 Å². The van der Waals surface area contributed by atoms with Crippen LogP contribution in [-0.4, -0.2) is 70.5 Å². The van der Waals surface area contributed by atoms with Gasteiger partial charge in [-0.15, -0.1) is 0 Å². The molecular formula is C13H27N3O4S. The Morgan fingerprint density at radius 2 is 1.81 bits per heavy atom. The zero-order valence-electron chi connectivity index (χ0n) is 13.4. The van der Waals surface area contributed by atoms with Crippen molar-refractivity contribution < 1.29 is 17.9 Å². The Kier molecular flexibility index (Phi) is 6.58. The molecular weight excluding hydrogens is 294 g/mol. The normalized spacial score (nSPS) is 18.4. The monoisotopic (exact) mass is 321 g/mol. The third-order valence-electron chi connectivity index (χ3n) is 4.34. The smallest absolute Gasteiger partial charge is 0.306 e. The van der Waals surface area contributed by atoms with E-state index in [9.17, 15) is 13.2 Å². The van der Waals surface area contributed by atoms with Crippen molar-refractivity contribution >= 4 is 16.2 Å². The van der Waals surface area contributed by atoms with Crippen LogP contribution in [0.1, 0.15) is 32.1 Å². The fraction of sp³-hybridized carbons (Fsp3) is 0.923. The second-order valence-corrected chi connectivity index (χ2v) is 7.66. The second kappa shape index (κ2) is 7.53. The lowest BCUT2D eigenvalue weighted by molar-refractivity contribution is -0.140. The average Bonchev–Trinajstić information content (AvgIpc) is 2.92. The van der Waals surface area contributed by atoms with Gasteiger partial charge in [0, 0.05) is 25.7 Å². The quantitative estimate of drug-likeness (QED) is 0.646. The van der Waals surface area contributed by atoms with Gasteiger partial charge in [-0.3, -0.25) is 4.79 Å². The Hall–Kier alpha value is -0.700. The molecule has 1 aliphatic rings. The van der Waals surface area contributed by atoms with Crippen LogP contribution in [0.25, 0.3) is 0 Å². The topological polar surface area (TPSA) is 78.9 Å². The first-order chi connectivity index (χ1) is 9.73. The minimum Gasteiger partial charge on any atom is -0.469 e. The molecule has 124 valence electrons. The van der Waals surface area contributed by atoms with Crippen molar-refractivity contribution in [3.63, 3.8) is 0 Å². The molecule has 1 N–H and O–H groups in total. The van der Waals surface area contributed by atoms with Gasteiger partial charge in [0.25, 0.3) is 10.2 Å². The minimum absolute atomic E-state index is 0.0483. The fourth-order valence-corrected chi connectivity index (χ4v) is 3.63. The molecule has 1 fully saturated rings. The number of nitrogens with zero attached hydrogens (tertiary/aromatic N) is 2. The number of likely N-dealkylation sites (N-methyl/N-ethyl adjacent to an activating group) is 1. The second-order valence-electron chi connectivity index (χ2n) is 5.80. The van der Waals surface area contributed by atoms with E-state index in [-0.39, 0.29) is 18.5 Å². The standard InChI is InChI=1S/C13H27N3O4S/c1-15(2)13(8-5-6-9-13)11-14-21(18,19)16(3)10-7-12(17)20-4/h14H,5-11H2,1-4H3. The first-order valence-corrected chi connectivity index (χ1v) is 8.63. The predicted molar refractivity (Wildman–Crippen MR) is 81.1 cm³/mol. The van der Waals surface area contributed by atoms with E-state index in [2.05, 4.69) is 14.4 Å². The van der Waals surface area contributed by atoms with Gasteiger partial charge in [-0.25, -0.2) is 4.72 Å². The molecule has 0 aromatic rings. The molecule has 7 nitrogen and oxygen atoms in total. The lowest BCUT2D eigenvalue weighted by Crippen LogP contribution is -2.53. The van der Waals surface area contributed by atoms with Gasteiger partial charge in [0.1, 0.15) is 0 Å². The largest absolute Gasteiger partial charge is 0.469 e. The van der Waals surface area contributed by atoms with Crippen molar-refractivity contribution in [1.29, 1.82) is 0 Å². The Balaban J connectivity index is 2.57. The number of methoxy groups -OCH3 is 1. The van der Waals surface area contributed by atoms with Crippen molar-refractivity contribution in [2.45, 2.75) is 37.6 Å². The van der Waals surface area contributed by atoms with Crippen molar-refractivity contribution in [2.24, 2.45) is 0 Å². The molecule has 0 radical (unpaired) electrons. The molecule has 1 rings (SSSR count). The van der Waals surface area contributed by atoms with E-state index in [1.54, 1.807) is 0 Å². The van der Waals surface area contributed by atoms with E-state index in [0.717, 1.165) is 30.0 Å². The van der Waals surface area contributed by atoms with Crippen molar-refractivity contribution in [2.75, 3.05) is 41.3 Å². The van der Waals surface area contributed by atoms with Gasteiger partial charge >= 0.3 is 5.97 Å². The maximum Gasteiger partial charge on any atom is 0.306 e. The fourth-order valence-electron chi connectivity index (χ4n) is 2.62. The SMILES string of the molecule is COC(=O)CCN(C)S(=O)(=O)NCC1(N(C)C)CCCC1.